The fraction of sp³-hybridized carbons (Fsp3) is 0.263. The van der Waals surface area contributed by atoms with Gasteiger partial charge in [-0.3, -0.25) is 9.59 Å². The summed E-state index contributed by atoms with van der Waals surface area (Å²) in [5, 5.41) is 11.0. The van der Waals surface area contributed by atoms with Crippen LogP contribution in [0, 0.1) is 0 Å². The highest BCUT2D eigenvalue weighted by atomic mass is 16.5. The number of nitrogens with zero attached hydrogens (tertiary/aromatic N) is 3. The van der Waals surface area contributed by atoms with Gasteiger partial charge in [0.1, 0.15) is 17.8 Å². The lowest BCUT2D eigenvalue weighted by atomic mass is 10.2. The lowest BCUT2D eigenvalue weighted by molar-refractivity contribution is -0.117. The van der Waals surface area contributed by atoms with Crippen LogP contribution >= 0.6 is 0 Å². The average molecular weight is 352 g/mol. The summed E-state index contributed by atoms with van der Waals surface area (Å²) in [6.45, 7) is 2.57. The molecule has 3 aromatic rings. The number of hydrogen-bond acceptors (Lipinski definition) is 5. The number of unbranched alkanes of at least 4 members (excludes halogenated alkanes) is 1. The molecule has 1 N–H and O–H groups in total. The minimum atomic E-state index is -0.351. The third-order valence-corrected chi connectivity index (χ3v) is 3.83. The molecule has 1 aromatic heterocycles. The summed E-state index contributed by atoms with van der Waals surface area (Å²) in [5.74, 6) is 0.407. The van der Waals surface area contributed by atoms with Gasteiger partial charge in [0.25, 0.3) is 5.56 Å². The minimum Gasteiger partial charge on any atom is -0.494 e. The second kappa shape index (κ2) is 8.24. The predicted octanol–water partition coefficient (Wildman–Crippen LogP) is 2.61. The molecule has 0 bridgehead atoms. The first-order chi connectivity index (χ1) is 12.7. The Labute approximate surface area is 150 Å². The second-order valence-corrected chi connectivity index (χ2v) is 5.84. The third kappa shape index (κ3) is 4.24. The highest BCUT2D eigenvalue weighted by molar-refractivity contribution is 5.90. The van der Waals surface area contributed by atoms with E-state index in [-0.39, 0.29) is 18.0 Å². The lowest BCUT2D eigenvalue weighted by Crippen LogP contribution is -2.30. The molecule has 0 aliphatic carbocycles. The highest BCUT2D eigenvalue weighted by Gasteiger charge is 2.09. The molecule has 1 heterocycles. The Morgan fingerprint density at radius 1 is 1.15 bits per heavy atom. The minimum absolute atomic E-state index is 0.203. The standard InChI is InChI=1S/C19H20N4O3/c1-2-3-12-26-15-10-8-14(9-11-15)20-18(24)13-23-19(25)16-6-4-5-7-17(16)21-22-23/h4-11H,2-3,12-13H2,1H3,(H,20,24). The monoisotopic (exact) mass is 352 g/mol. The summed E-state index contributed by atoms with van der Waals surface area (Å²) < 4.78 is 6.64. The van der Waals surface area contributed by atoms with E-state index in [9.17, 15) is 9.59 Å². The quantitative estimate of drug-likeness (QED) is 0.661. The molecule has 2 aromatic carbocycles. The van der Waals surface area contributed by atoms with Crippen molar-refractivity contribution in [2.24, 2.45) is 0 Å². The van der Waals surface area contributed by atoms with Crippen LogP contribution in [0.4, 0.5) is 5.69 Å². The van der Waals surface area contributed by atoms with Gasteiger partial charge in [-0.1, -0.05) is 30.7 Å². The van der Waals surface area contributed by atoms with Crippen LogP contribution in [-0.2, 0) is 11.3 Å². The number of nitrogens with one attached hydrogen (secondary N) is 1. The first kappa shape index (κ1) is 17.6. The van der Waals surface area contributed by atoms with Crippen LogP contribution in [-0.4, -0.2) is 27.5 Å². The van der Waals surface area contributed by atoms with Crippen molar-refractivity contribution in [1.29, 1.82) is 0 Å². The SMILES string of the molecule is CCCCOc1ccc(NC(=O)Cn2nnc3ccccc3c2=O)cc1. The van der Waals surface area contributed by atoms with Gasteiger partial charge in [0.05, 0.1) is 12.0 Å². The molecular formula is C19H20N4O3. The number of aromatic nitrogens is 3. The normalized spacial score (nSPS) is 10.7. The van der Waals surface area contributed by atoms with Crippen molar-refractivity contribution in [1.82, 2.24) is 15.0 Å². The van der Waals surface area contributed by atoms with Crippen molar-refractivity contribution in [3.05, 3.63) is 58.9 Å². The van der Waals surface area contributed by atoms with Crippen LogP contribution in [0.25, 0.3) is 10.9 Å². The molecule has 0 spiro atoms. The van der Waals surface area contributed by atoms with E-state index >= 15 is 0 Å². The maximum absolute atomic E-state index is 12.4. The smallest absolute Gasteiger partial charge is 0.278 e. The number of ether oxygens (including phenoxy) is 1. The first-order valence-corrected chi connectivity index (χ1v) is 8.52. The largest absolute Gasteiger partial charge is 0.494 e. The number of carbonyl (C=O) groups excluding carboxylic acids is 1. The van der Waals surface area contributed by atoms with Crippen molar-refractivity contribution in [2.45, 2.75) is 26.3 Å². The van der Waals surface area contributed by atoms with Crippen LogP contribution in [0.1, 0.15) is 19.8 Å². The van der Waals surface area contributed by atoms with E-state index in [0.717, 1.165) is 23.3 Å². The predicted molar refractivity (Wildman–Crippen MR) is 99.3 cm³/mol. The Balaban J connectivity index is 1.64. The number of carbonyl (C=O) groups is 1. The highest BCUT2D eigenvalue weighted by Crippen LogP contribution is 2.16. The third-order valence-electron chi connectivity index (χ3n) is 3.83. The summed E-state index contributed by atoms with van der Waals surface area (Å²) in [5.41, 5.74) is 0.790. The second-order valence-electron chi connectivity index (χ2n) is 5.84. The molecule has 0 saturated heterocycles. The van der Waals surface area contributed by atoms with E-state index in [0.29, 0.717) is 23.2 Å². The zero-order chi connectivity index (χ0) is 18.4. The number of amides is 1. The molecule has 0 unspecified atom stereocenters. The van der Waals surface area contributed by atoms with Gasteiger partial charge in [0.15, 0.2) is 0 Å². The maximum atomic E-state index is 12.4. The summed E-state index contributed by atoms with van der Waals surface area (Å²) in [7, 11) is 0. The van der Waals surface area contributed by atoms with Gasteiger partial charge >= 0.3 is 0 Å². The van der Waals surface area contributed by atoms with Crippen LogP contribution < -0.4 is 15.6 Å². The van der Waals surface area contributed by atoms with Crippen molar-refractivity contribution in [3.63, 3.8) is 0 Å². The van der Waals surface area contributed by atoms with E-state index in [4.69, 9.17) is 4.74 Å². The zero-order valence-electron chi connectivity index (χ0n) is 14.5. The number of anilines is 1. The van der Waals surface area contributed by atoms with Crippen molar-refractivity contribution in [3.8, 4) is 5.75 Å². The van der Waals surface area contributed by atoms with E-state index in [1.54, 1.807) is 48.5 Å². The summed E-state index contributed by atoms with van der Waals surface area (Å²) in [6.07, 6.45) is 2.07. The summed E-state index contributed by atoms with van der Waals surface area (Å²) in [6, 6.07) is 14.0. The van der Waals surface area contributed by atoms with E-state index in [2.05, 4.69) is 22.6 Å². The van der Waals surface area contributed by atoms with Gasteiger partial charge in [-0.05, 0) is 42.8 Å². The Bertz CT molecular complexity index is 951. The van der Waals surface area contributed by atoms with Gasteiger partial charge in [0, 0.05) is 5.69 Å². The molecular weight excluding hydrogens is 332 g/mol. The molecule has 0 fully saturated rings. The average Bonchev–Trinajstić information content (AvgIpc) is 2.66. The first-order valence-electron chi connectivity index (χ1n) is 8.52. The van der Waals surface area contributed by atoms with Crippen LogP contribution in [0.5, 0.6) is 5.75 Å². The van der Waals surface area contributed by atoms with Crippen LogP contribution in [0.3, 0.4) is 0 Å². The molecule has 0 aliphatic heterocycles. The molecule has 3 rings (SSSR count). The summed E-state index contributed by atoms with van der Waals surface area (Å²) >= 11 is 0. The fourth-order valence-corrected chi connectivity index (χ4v) is 2.43. The van der Waals surface area contributed by atoms with Crippen molar-refractivity contribution < 1.29 is 9.53 Å². The fourth-order valence-electron chi connectivity index (χ4n) is 2.43. The lowest BCUT2D eigenvalue weighted by Gasteiger charge is -2.08. The molecule has 26 heavy (non-hydrogen) atoms. The number of hydrogen-bond donors (Lipinski definition) is 1. The zero-order valence-corrected chi connectivity index (χ0v) is 14.5. The molecule has 0 radical (unpaired) electrons. The topological polar surface area (TPSA) is 86.1 Å². The molecule has 0 aliphatic rings. The Morgan fingerprint density at radius 2 is 1.92 bits per heavy atom. The van der Waals surface area contributed by atoms with Gasteiger partial charge in [-0.15, -0.1) is 5.10 Å². The van der Waals surface area contributed by atoms with Gasteiger partial charge in [-0.25, -0.2) is 4.68 Å². The van der Waals surface area contributed by atoms with Gasteiger partial charge in [0.2, 0.25) is 5.91 Å². The van der Waals surface area contributed by atoms with E-state index in [1.807, 2.05) is 0 Å². The van der Waals surface area contributed by atoms with Crippen LogP contribution in [0.2, 0.25) is 0 Å². The Hall–Kier alpha value is -3.22. The van der Waals surface area contributed by atoms with Crippen molar-refractivity contribution in [2.75, 3.05) is 11.9 Å². The number of fused-ring (bicyclic) bond motifs is 1. The van der Waals surface area contributed by atoms with Gasteiger partial charge in [-0.2, -0.15) is 0 Å². The Kier molecular flexibility index (Phi) is 5.58. The summed E-state index contributed by atoms with van der Waals surface area (Å²) in [4.78, 5) is 24.5. The van der Waals surface area contributed by atoms with Gasteiger partial charge < -0.3 is 10.1 Å². The molecule has 0 atom stereocenters. The van der Waals surface area contributed by atoms with Crippen LogP contribution in [0.15, 0.2) is 53.3 Å². The van der Waals surface area contributed by atoms with Crippen molar-refractivity contribution >= 4 is 22.5 Å². The van der Waals surface area contributed by atoms with E-state index in [1.165, 1.54) is 0 Å². The molecule has 7 nitrogen and oxygen atoms in total. The Morgan fingerprint density at radius 3 is 2.69 bits per heavy atom. The molecule has 7 heteroatoms. The number of rotatable bonds is 7. The number of benzene rings is 2. The maximum Gasteiger partial charge on any atom is 0.278 e. The molecule has 1 amide bonds. The molecule has 0 saturated carbocycles. The van der Waals surface area contributed by atoms with E-state index < -0.39 is 0 Å². The molecule has 134 valence electrons.